The molecule has 0 spiro atoms. The molecule has 1 aromatic rings. The Bertz CT molecular complexity index is 549. The minimum Gasteiger partial charge on any atom is -0.366 e. The zero-order valence-corrected chi connectivity index (χ0v) is 13.7. The van der Waals surface area contributed by atoms with Crippen molar-refractivity contribution in [2.24, 2.45) is 0 Å². The van der Waals surface area contributed by atoms with Gasteiger partial charge in [-0.15, -0.1) is 0 Å². The highest BCUT2D eigenvalue weighted by Gasteiger charge is 2.27. The minimum atomic E-state index is -3.12. The maximum Gasteiger partial charge on any atom is 0.214 e. The average Bonchev–Trinajstić information content (AvgIpc) is 2.39. The van der Waals surface area contributed by atoms with Crippen LogP contribution in [0.25, 0.3) is 0 Å². The average molecular weight is 337 g/mol. The number of piperazine rings is 1. The first kappa shape index (κ1) is 15.9. The number of rotatable bonds is 4. The predicted octanol–water partition coefficient (Wildman–Crippen LogP) is 2.86. The van der Waals surface area contributed by atoms with Crippen LogP contribution in [0.4, 0.5) is 5.69 Å². The Kier molecular flexibility index (Phi) is 5.18. The third-order valence-electron chi connectivity index (χ3n) is 3.35. The Morgan fingerprint density at radius 1 is 1.10 bits per heavy atom. The Balaban J connectivity index is 2.09. The summed E-state index contributed by atoms with van der Waals surface area (Å²) < 4.78 is 25.6. The van der Waals surface area contributed by atoms with E-state index < -0.39 is 10.0 Å². The fraction of sp³-hybridized carbons (Fsp3) is 0.538. The summed E-state index contributed by atoms with van der Waals surface area (Å²) in [5.41, 5.74) is 0.795. The summed E-state index contributed by atoms with van der Waals surface area (Å²) in [6.07, 6.45) is 0.638. The molecule has 0 atom stereocenters. The third-order valence-corrected chi connectivity index (χ3v) is 6.03. The van der Waals surface area contributed by atoms with Crippen molar-refractivity contribution >= 4 is 38.9 Å². The van der Waals surface area contributed by atoms with Crippen LogP contribution < -0.4 is 4.90 Å². The van der Waals surface area contributed by atoms with Gasteiger partial charge in [0.05, 0.1) is 21.5 Å². The molecule has 7 heteroatoms. The predicted molar refractivity (Wildman–Crippen MR) is 84.3 cm³/mol. The van der Waals surface area contributed by atoms with E-state index in [-0.39, 0.29) is 5.75 Å². The normalized spacial score (nSPS) is 17.4. The third kappa shape index (κ3) is 3.39. The summed E-state index contributed by atoms with van der Waals surface area (Å²) in [7, 11) is -3.12. The van der Waals surface area contributed by atoms with E-state index in [2.05, 4.69) is 0 Å². The Labute approximate surface area is 130 Å². The van der Waals surface area contributed by atoms with Gasteiger partial charge in [-0.2, -0.15) is 4.31 Å². The van der Waals surface area contributed by atoms with Crippen LogP contribution in [0.5, 0.6) is 0 Å². The van der Waals surface area contributed by atoms with Crippen molar-refractivity contribution in [3.63, 3.8) is 0 Å². The van der Waals surface area contributed by atoms with Gasteiger partial charge in [-0.05, 0) is 18.6 Å². The molecular weight excluding hydrogens is 319 g/mol. The molecule has 112 valence electrons. The lowest BCUT2D eigenvalue weighted by atomic mass is 10.2. The molecule has 2 rings (SSSR count). The molecule has 1 aromatic carbocycles. The van der Waals surface area contributed by atoms with Gasteiger partial charge in [-0.1, -0.05) is 36.2 Å². The molecule has 1 fully saturated rings. The molecule has 1 heterocycles. The van der Waals surface area contributed by atoms with Gasteiger partial charge in [0.2, 0.25) is 10.0 Å². The topological polar surface area (TPSA) is 40.6 Å². The molecule has 1 saturated heterocycles. The van der Waals surface area contributed by atoms with Gasteiger partial charge in [0.25, 0.3) is 0 Å². The summed E-state index contributed by atoms with van der Waals surface area (Å²) in [5.74, 6) is 0.208. The molecule has 0 aromatic heterocycles. The van der Waals surface area contributed by atoms with E-state index in [0.29, 0.717) is 42.6 Å². The van der Waals surface area contributed by atoms with E-state index in [1.165, 1.54) is 0 Å². The molecule has 20 heavy (non-hydrogen) atoms. The van der Waals surface area contributed by atoms with Gasteiger partial charge in [-0.25, -0.2) is 8.42 Å². The minimum absolute atomic E-state index is 0.208. The van der Waals surface area contributed by atoms with Crippen molar-refractivity contribution in [3.8, 4) is 0 Å². The fourth-order valence-corrected chi connectivity index (χ4v) is 4.50. The highest BCUT2D eigenvalue weighted by atomic mass is 35.5. The van der Waals surface area contributed by atoms with Crippen molar-refractivity contribution in [2.45, 2.75) is 13.3 Å². The lowest BCUT2D eigenvalue weighted by Crippen LogP contribution is -2.49. The molecule has 1 aliphatic heterocycles. The van der Waals surface area contributed by atoms with Gasteiger partial charge in [0, 0.05) is 26.2 Å². The molecule has 0 bridgehead atoms. The lowest BCUT2D eigenvalue weighted by molar-refractivity contribution is 0.384. The van der Waals surface area contributed by atoms with Gasteiger partial charge < -0.3 is 4.90 Å². The Morgan fingerprint density at radius 3 is 2.15 bits per heavy atom. The van der Waals surface area contributed by atoms with Crippen molar-refractivity contribution in [1.29, 1.82) is 0 Å². The van der Waals surface area contributed by atoms with E-state index in [1.807, 2.05) is 11.8 Å². The smallest absolute Gasteiger partial charge is 0.214 e. The zero-order chi connectivity index (χ0) is 14.8. The molecule has 0 saturated carbocycles. The van der Waals surface area contributed by atoms with Gasteiger partial charge in [-0.3, -0.25) is 0 Å². The number of para-hydroxylation sites is 1. The summed E-state index contributed by atoms with van der Waals surface area (Å²) in [5, 5.41) is 1.20. The van der Waals surface area contributed by atoms with E-state index in [0.717, 1.165) is 5.69 Å². The number of halogens is 2. The van der Waals surface area contributed by atoms with Crippen LogP contribution in [0.15, 0.2) is 18.2 Å². The van der Waals surface area contributed by atoms with E-state index in [4.69, 9.17) is 23.2 Å². The maximum atomic E-state index is 12.0. The number of hydrogen-bond donors (Lipinski definition) is 0. The standard InChI is InChI=1S/C13H18Cl2N2O2S/c1-2-10-20(18,19)17-8-6-16(7-9-17)13-11(14)4-3-5-12(13)15/h3-5H,2,6-10H2,1H3. The second kappa shape index (κ2) is 6.52. The van der Waals surface area contributed by atoms with Gasteiger partial charge >= 0.3 is 0 Å². The van der Waals surface area contributed by atoms with Crippen molar-refractivity contribution in [1.82, 2.24) is 4.31 Å². The van der Waals surface area contributed by atoms with Gasteiger partial charge in [0.1, 0.15) is 0 Å². The van der Waals surface area contributed by atoms with Crippen LogP contribution in [-0.2, 0) is 10.0 Å². The molecule has 0 radical (unpaired) electrons. The zero-order valence-electron chi connectivity index (χ0n) is 11.3. The van der Waals surface area contributed by atoms with E-state index in [9.17, 15) is 8.42 Å². The Morgan fingerprint density at radius 2 is 1.65 bits per heavy atom. The number of nitrogens with zero attached hydrogens (tertiary/aromatic N) is 2. The second-order valence-corrected chi connectivity index (χ2v) is 7.68. The highest BCUT2D eigenvalue weighted by Crippen LogP contribution is 2.34. The molecule has 0 aliphatic carbocycles. The molecule has 4 nitrogen and oxygen atoms in total. The summed E-state index contributed by atoms with van der Waals surface area (Å²) in [6, 6.07) is 5.39. The van der Waals surface area contributed by atoms with Crippen LogP contribution in [0.2, 0.25) is 10.0 Å². The van der Waals surface area contributed by atoms with Crippen molar-refractivity contribution in [2.75, 3.05) is 36.8 Å². The van der Waals surface area contributed by atoms with Crippen LogP contribution in [0.3, 0.4) is 0 Å². The number of benzene rings is 1. The van der Waals surface area contributed by atoms with Crippen LogP contribution >= 0.6 is 23.2 Å². The largest absolute Gasteiger partial charge is 0.366 e. The van der Waals surface area contributed by atoms with Gasteiger partial charge in [0.15, 0.2) is 0 Å². The maximum absolute atomic E-state index is 12.0. The molecule has 0 unspecified atom stereocenters. The molecule has 1 aliphatic rings. The summed E-state index contributed by atoms with van der Waals surface area (Å²) in [6.45, 7) is 4.03. The Hall–Kier alpha value is -0.490. The molecule has 0 N–H and O–H groups in total. The van der Waals surface area contributed by atoms with Crippen LogP contribution in [0, 0.1) is 0 Å². The molecule has 0 amide bonds. The van der Waals surface area contributed by atoms with Crippen molar-refractivity contribution in [3.05, 3.63) is 28.2 Å². The highest BCUT2D eigenvalue weighted by molar-refractivity contribution is 7.89. The summed E-state index contributed by atoms with van der Waals surface area (Å²) >= 11 is 12.4. The van der Waals surface area contributed by atoms with Crippen LogP contribution in [0.1, 0.15) is 13.3 Å². The number of sulfonamides is 1. The lowest BCUT2D eigenvalue weighted by Gasteiger charge is -2.36. The fourth-order valence-electron chi connectivity index (χ4n) is 2.37. The second-order valence-electron chi connectivity index (χ2n) is 4.77. The number of hydrogen-bond acceptors (Lipinski definition) is 3. The first-order valence-corrected chi connectivity index (χ1v) is 8.99. The number of anilines is 1. The van der Waals surface area contributed by atoms with Crippen LogP contribution in [-0.4, -0.2) is 44.7 Å². The van der Waals surface area contributed by atoms with Crippen molar-refractivity contribution < 1.29 is 8.42 Å². The van der Waals surface area contributed by atoms with E-state index >= 15 is 0 Å². The SMILES string of the molecule is CCCS(=O)(=O)N1CCN(c2c(Cl)cccc2Cl)CC1. The quantitative estimate of drug-likeness (QED) is 0.848. The monoisotopic (exact) mass is 336 g/mol. The first-order valence-electron chi connectivity index (χ1n) is 6.62. The first-order chi connectivity index (χ1) is 9.45. The molecular formula is C13H18Cl2N2O2S. The summed E-state index contributed by atoms with van der Waals surface area (Å²) in [4.78, 5) is 2.04. The van der Waals surface area contributed by atoms with E-state index in [1.54, 1.807) is 22.5 Å².